The van der Waals surface area contributed by atoms with Gasteiger partial charge in [0.15, 0.2) is 0 Å². The second-order valence-electron chi connectivity index (χ2n) is 4.35. The van der Waals surface area contributed by atoms with E-state index in [2.05, 4.69) is 5.43 Å². The summed E-state index contributed by atoms with van der Waals surface area (Å²) in [4.78, 5) is 24.4. The van der Waals surface area contributed by atoms with E-state index in [1.54, 1.807) is 18.8 Å². The van der Waals surface area contributed by atoms with Gasteiger partial charge in [0.25, 0.3) is 11.6 Å². The van der Waals surface area contributed by atoms with E-state index in [-0.39, 0.29) is 17.3 Å². The second kappa shape index (κ2) is 7.11. The smallest absolute Gasteiger partial charge is 0.282 e. The number of carbonyl (C=O) groups is 1. The van der Waals surface area contributed by atoms with Gasteiger partial charge in [-0.3, -0.25) is 20.8 Å². The van der Waals surface area contributed by atoms with Crippen LogP contribution in [-0.4, -0.2) is 40.8 Å². The number of hydrogen-bond acceptors (Lipinski definition) is 6. The zero-order chi connectivity index (χ0) is 15.3. The summed E-state index contributed by atoms with van der Waals surface area (Å²) in [6, 6.07) is 4.10. The fourth-order valence-corrected chi connectivity index (χ4v) is 2.41. The van der Waals surface area contributed by atoms with E-state index < -0.39 is 10.8 Å². The molecule has 3 N–H and O–H groups in total. The monoisotopic (exact) mass is 298 g/mol. The Bertz CT molecular complexity index is 509. The SMILES string of the molecule is CSCC(C)N(C)C(=O)c1cc(NN)ccc1[N+](=O)[O-]. The molecule has 0 saturated carbocycles. The van der Waals surface area contributed by atoms with Crippen LogP contribution in [0.15, 0.2) is 18.2 Å². The van der Waals surface area contributed by atoms with E-state index >= 15 is 0 Å². The molecule has 0 aliphatic carbocycles. The number of anilines is 1. The van der Waals surface area contributed by atoms with E-state index in [0.717, 1.165) is 5.75 Å². The molecule has 20 heavy (non-hydrogen) atoms. The third-order valence-electron chi connectivity index (χ3n) is 2.98. The Balaban J connectivity index is 3.15. The van der Waals surface area contributed by atoms with Crippen molar-refractivity contribution in [2.75, 3.05) is 24.5 Å². The minimum Gasteiger partial charge on any atom is -0.338 e. The van der Waals surface area contributed by atoms with Gasteiger partial charge in [0.2, 0.25) is 0 Å². The van der Waals surface area contributed by atoms with Crippen molar-refractivity contribution in [2.45, 2.75) is 13.0 Å². The number of rotatable bonds is 6. The lowest BCUT2D eigenvalue weighted by Gasteiger charge is -2.24. The van der Waals surface area contributed by atoms with E-state index in [0.29, 0.717) is 5.69 Å². The Labute approximate surface area is 121 Å². The minimum atomic E-state index is -0.569. The van der Waals surface area contributed by atoms with Crippen molar-refractivity contribution in [1.82, 2.24) is 4.90 Å². The van der Waals surface area contributed by atoms with E-state index in [9.17, 15) is 14.9 Å². The van der Waals surface area contributed by atoms with Gasteiger partial charge in [-0.2, -0.15) is 11.8 Å². The molecule has 1 rings (SSSR count). The number of carbonyl (C=O) groups excluding carboxylic acids is 1. The Morgan fingerprint density at radius 2 is 2.25 bits per heavy atom. The first-order valence-corrected chi connectivity index (χ1v) is 7.32. The van der Waals surface area contributed by atoms with Gasteiger partial charge in [-0.15, -0.1) is 0 Å². The number of nitro groups is 1. The number of nitrogens with two attached hydrogens (primary N) is 1. The topological polar surface area (TPSA) is 102 Å². The van der Waals surface area contributed by atoms with Crippen LogP contribution in [-0.2, 0) is 0 Å². The molecular weight excluding hydrogens is 280 g/mol. The largest absolute Gasteiger partial charge is 0.338 e. The first-order valence-electron chi connectivity index (χ1n) is 5.93. The van der Waals surface area contributed by atoms with Gasteiger partial charge >= 0.3 is 0 Å². The fourth-order valence-electron chi connectivity index (χ4n) is 1.70. The number of hydrogen-bond donors (Lipinski definition) is 2. The van der Waals surface area contributed by atoms with Gasteiger partial charge in [0.05, 0.1) is 4.92 Å². The molecule has 0 aliphatic rings. The van der Waals surface area contributed by atoms with Gasteiger partial charge in [0.1, 0.15) is 5.56 Å². The van der Waals surface area contributed by atoms with Gasteiger partial charge in [-0.25, -0.2) is 0 Å². The highest BCUT2D eigenvalue weighted by atomic mass is 32.2. The van der Waals surface area contributed by atoms with Crippen molar-refractivity contribution in [1.29, 1.82) is 0 Å². The summed E-state index contributed by atoms with van der Waals surface area (Å²) in [6.07, 6.45) is 1.94. The highest BCUT2D eigenvalue weighted by Gasteiger charge is 2.25. The third-order valence-corrected chi connectivity index (χ3v) is 3.80. The van der Waals surface area contributed by atoms with Crippen molar-refractivity contribution in [3.05, 3.63) is 33.9 Å². The van der Waals surface area contributed by atoms with Crippen LogP contribution in [0.3, 0.4) is 0 Å². The normalized spacial score (nSPS) is 11.8. The lowest BCUT2D eigenvalue weighted by molar-refractivity contribution is -0.385. The standard InChI is InChI=1S/C12H18N4O3S/c1-8(7-20-3)15(2)12(17)10-6-9(14-13)4-5-11(10)16(18)19/h4-6,8,14H,7,13H2,1-3H3. The summed E-state index contributed by atoms with van der Waals surface area (Å²) in [6.45, 7) is 1.89. The lowest BCUT2D eigenvalue weighted by atomic mass is 10.1. The molecule has 8 heteroatoms. The van der Waals surface area contributed by atoms with Crippen LogP contribution in [0.4, 0.5) is 11.4 Å². The van der Waals surface area contributed by atoms with Crippen molar-refractivity contribution in [3.8, 4) is 0 Å². The van der Waals surface area contributed by atoms with Gasteiger partial charge in [-0.05, 0) is 25.3 Å². The average molecular weight is 298 g/mol. The minimum absolute atomic E-state index is 0.0217. The molecule has 1 aromatic rings. The zero-order valence-electron chi connectivity index (χ0n) is 11.6. The molecule has 0 aliphatic heterocycles. The molecule has 0 bridgehead atoms. The van der Waals surface area contributed by atoms with Crippen LogP contribution < -0.4 is 11.3 Å². The molecule has 1 atom stereocenters. The molecule has 0 fully saturated rings. The summed E-state index contributed by atoms with van der Waals surface area (Å²) in [5, 5.41) is 11.0. The molecule has 1 aromatic carbocycles. The van der Waals surface area contributed by atoms with E-state index in [4.69, 9.17) is 5.84 Å². The Morgan fingerprint density at radius 1 is 1.60 bits per heavy atom. The van der Waals surface area contributed by atoms with Crippen LogP contribution in [0.25, 0.3) is 0 Å². The van der Waals surface area contributed by atoms with Crippen LogP contribution in [0.5, 0.6) is 0 Å². The highest BCUT2D eigenvalue weighted by molar-refractivity contribution is 7.98. The molecule has 7 nitrogen and oxygen atoms in total. The van der Waals surface area contributed by atoms with Crippen LogP contribution in [0.1, 0.15) is 17.3 Å². The molecule has 1 amide bonds. The molecule has 0 radical (unpaired) electrons. The van der Waals surface area contributed by atoms with Crippen LogP contribution in [0.2, 0.25) is 0 Å². The molecular formula is C12H18N4O3S. The molecule has 110 valence electrons. The third kappa shape index (κ3) is 3.61. The lowest BCUT2D eigenvalue weighted by Crippen LogP contribution is -2.37. The summed E-state index contributed by atoms with van der Waals surface area (Å²) in [7, 11) is 1.63. The number of nitrogens with one attached hydrogen (secondary N) is 1. The van der Waals surface area contributed by atoms with Crippen LogP contribution >= 0.6 is 11.8 Å². The number of thioether (sulfide) groups is 1. The molecule has 0 heterocycles. The highest BCUT2D eigenvalue weighted by Crippen LogP contribution is 2.24. The first kappa shape index (κ1) is 16.3. The predicted molar refractivity (Wildman–Crippen MR) is 80.8 cm³/mol. The molecule has 0 saturated heterocycles. The van der Waals surface area contributed by atoms with E-state index in [1.165, 1.54) is 23.1 Å². The van der Waals surface area contributed by atoms with Crippen molar-refractivity contribution in [2.24, 2.45) is 5.84 Å². The number of amides is 1. The van der Waals surface area contributed by atoms with Gasteiger partial charge in [0, 0.05) is 30.6 Å². The number of nitro benzene ring substituents is 1. The van der Waals surface area contributed by atoms with Gasteiger partial charge < -0.3 is 10.3 Å². The Morgan fingerprint density at radius 3 is 2.75 bits per heavy atom. The average Bonchev–Trinajstić information content (AvgIpc) is 2.45. The number of nitrogen functional groups attached to an aromatic ring is 1. The molecule has 0 spiro atoms. The first-order chi connectivity index (χ1) is 9.42. The van der Waals surface area contributed by atoms with E-state index in [1.807, 2.05) is 13.2 Å². The quantitative estimate of drug-likeness (QED) is 0.471. The summed E-state index contributed by atoms with van der Waals surface area (Å²) in [5.74, 6) is 5.64. The maximum Gasteiger partial charge on any atom is 0.282 e. The van der Waals surface area contributed by atoms with Crippen molar-refractivity contribution >= 4 is 29.0 Å². The predicted octanol–water partition coefficient (Wildman–Crippen LogP) is 1.70. The fraction of sp³-hybridized carbons (Fsp3) is 0.417. The number of benzene rings is 1. The Hall–Kier alpha value is -1.80. The zero-order valence-corrected chi connectivity index (χ0v) is 12.4. The molecule has 0 aromatic heterocycles. The maximum absolute atomic E-state index is 12.4. The van der Waals surface area contributed by atoms with Crippen molar-refractivity contribution < 1.29 is 9.72 Å². The Kier molecular flexibility index (Phi) is 5.78. The summed E-state index contributed by atoms with van der Waals surface area (Å²) >= 11 is 1.61. The molecule has 1 unspecified atom stereocenters. The maximum atomic E-state index is 12.4. The summed E-state index contributed by atoms with van der Waals surface area (Å²) < 4.78 is 0. The number of nitrogens with zero attached hydrogens (tertiary/aromatic N) is 2. The second-order valence-corrected chi connectivity index (χ2v) is 5.26. The summed E-state index contributed by atoms with van der Waals surface area (Å²) in [5.41, 5.74) is 2.64. The van der Waals surface area contributed by atoms with Crippen LogP contribution in [0, 0.1) is 10.1 Å². The van der Waals surface area contributed by atoms with Gasteiger partial charge in [-0.1, -0.05) is 0 Å². The van der Waals surface area contributed by atoms with Crippen molar-refractivity contribution in [3.63, 3.8) is 0 Å². The number of hydrazine groups is 1.